The second kappa shape index (κ2) is 4.52. The van der Waals surface area contributed by atoms with Crippen LogP contribution in [0.15, 0.2) is 17.1 Å². The highest BCUT2D eigenvalue weighted by Crippen LogP contribution is 2.47. The first kappa shape index (κ1) is 12.2. The molecule has 1 aliphatic carbocycles. The van der Waals surface area contributed by atoms with Crippen LogP contribution >= 0.6 is 11.6 Å². The molecule has 0 saturated heterocycles. The number of hydrogen-bond acceptors (Lipinski definition) is 3. The van der Waals surface area contributed by atoms with Crippen LogP contribution in [0.5, 0.6) is 5.75 Å². The molecule has 17 heavy (non-hydrogen) atoms. The van der Waals surface area contributed by atoms with Crippen LogP contribution < -0.4 is 0 Å². The number of carbonyl (C=O) groups excluding carboxylic acids is 1. The summed E-state index contributed by atoms with van der Waals surface area (Å²) in [7, 11) is 0. The molecule has 0 bridgehead atoms. The molecule has 1 saturated carbocycles. The van der Waals surface area contributed by atoms with Crippen molar-refractivity contribution in [3.05, 3.63) is 28.3 Å². The SMILES string of the molecule is Cc1cc(O)c(Cl)c(C2(N=C=O)CCCC2)c1. The molecule has 2 rings (SSSR count). The van der Waals surface area contributed by atoms with Crippen LogP contribution in [0.3, 0.4) is 0 Å². The van der Waals surface area contributed by atoms with Gasteiger partial charge in [-0.2, -0.15) is 4.99 Å². The van der Waals surface area contributed by atoms with Gasteiger partial charge in [0, 0.05) is 5.56 Å². The zero-order valence-corrected chi connectivity index (χ0v) is 10.4. The molecule has 1 aromatic carbocycles. The van der Waals surface area contributed by atoms with Crippen molar-refractivity contribution in [2.75, 3.05) is 0 Å². The number of halogens is 1. The van der Waals surface area contributed by atoms with Gasteiger partial charge < -0.3 is 5.11 Å². The van der Waals surface area contributed by atoms with Crippen LogP contribution in [0, 0.1) is 6.92 Å². The number of aryl methyl sites for hydroxylation is 1. The Morgan fingerprint density at radius 2 is 2.06 bits per heavy atom. The Morgan fingerprint density at radius 3 is 2.65 bits per heavy atom. The van der Waals surface area contributed by atoms with Gasteiger partial charge >= 0.3 is 0 Å². The van der Waals surface area contributed by atoms with Crippen molar-refractivity contribution in [3.8, 4) is 5.75 Å². The van der Waals surface area contributed by atoms with Crippen molar-refractivity contribution in [1.29, 1.82) is 0 Å². The third kappa shape index (κ3) is 2.08. The highest BCUT2D eigenvalue weighted by molar-refractivity contribution is 6.33. The van der Waals surface area contributed by atoms with Crippen LogP contribution in [-0.4, -0.2) is 11.2 Å². The molecule has 0 atom stereocenters. The molecule has 0 unspecified atom stereocenters. The number of benzene rings is 1. The van der Waals surface area contributed by atoms with Gasteiger partial charge in [-0.3, -0.25) is 0 Å². The first-order chi connectivity index (χ1) is 8.09. The highest BCUT2D eigenvalue weighted by atomic mass is 35.5. The molecule has 0 aromatic heterocycles. The minimum Gasteiger partial charge on any atom is -0.506 e. The van der Waals surface area contributed by atoms with E-state index in [1.165, 1.54) is 0 Å². The molecular weight excluding hydrogens is 238 g/mol. The predicted molar refractivity (Wildman–Crippen MR) is 66.1 cm³/mol. The molecule has 1 N–H and O–H groups in total. The van der Waals surface area contributed by atoms with E-state index in [1.807, 2.05) is 13.0 Å². The van der Waals surface area contributed by atoms with Crippen molar-refractivity contribution in [3.63, 3.8) is 0 Å². The summed E-state index contributed by atoms with van der Waals surface area (Å²) < 4.78 is 0. The van der Waals surface area contributed by atoms with Crippen LogP contribution in [0.1, 0.15) is 36.8 Å². The summed E-state index contributed by atoms with van der Waals surface area (Å²) in [6.07, 6.45) is 5.24. The third-order valence-electron chi connectivity index (χ3n) is 3.39. The summed E-state index contributed by atoms with van der Waals surface area (Å²) in [6, 6.07) is 3.51. The molecule has 0 amide bonds. The van der Waals surface area contributed by atoms with E-state index < -0.39 is 5.54 Å². The lowest BCUT2D eigenvalue weighted by Crippen LogP contribution is -2.19. The molecule has 0 aliphatic heterocycles. The van der Waals surface area contributed by atoms with Crippen molar-refractivity contribution in [2.24, 2.45) is 4.99 Å². The topological polar surface area (TPSA) is 49.7 Å². The van der Waals surface area contributed by atoms with Crippen LogP contribution in [0.25, 0.3) is 0 Å². The average molecular weight is 252 g/mol. The first-order valence-electron chi connectivity index (χ1n) is 5.68. The molecule has 0 heterocycles. The van der Waals surface area contributed by atoms with E-state index in [-0.39, 0.29) is 5.75 Å². The molecule has 0 radical (unpaired) electrons. The number of aliphatic imine (C=N–C) groups is 1. The number of phenolic OH excluding ortho intramolecular Hbond substituents is 1. The summed E-state index contributed by atoms with van der Waals surface area (Å²) >= 11 is 6.13. The van der Waals surface area contributed by atoms with Gasteiger partial charge in [-0.15, -0.1) is 0 Å². The van der Waals surface area contributed by atoms with E-state index in [2.05, 4.69) is 4.99 Å². The number of rotatable bonds is 2. The summed E-state index contributed by atoms with van der Waals surface area (Å²) in [5.41, 5.74) is 1.08. The van der Waals surface area contributed by atoms with E-state index in [1.54, 1.807) is 12.1 Å². The van der Waals surface area contributed by atoms with Gasteiger partial charge in [0.2, 0.25) is 6.08 Å². The van der Waals surface area contributed by atoms with Gasteiger partial charge in [0.1, 0.15) is 5.75 Å². The van der Waals surface area contributed by atoms with Gasteiger partial charge in [-0.05, 0) is 31.4 Å². The van der Waals surface area contributed by atoms with Gasteiger partial charge in [-0.1, -0.05) is 30.5 Å². The van der Waals surface area contributed by atoms with E-state index in [4.69, 9.17) is 11.6 Å². The second-order valence-corrected chi connectivity index (χ2v) is 4.97. The first-order valence-corrected chi connectivity index (χ1v) is 6.05. The van der Waals surface area contributed by atoms with Crippen molar-refractivity contribution < 1.29 is 9.90 Å². The summed E-state index contributed by atoms with van der Waals surface area (Å²) in [5, 5.41) is 10.1. The maximum atomic E-state index is 10.6. The lowest BCUT2D eigenvalue weighted by Gasteiger charge is -2.24. The van der Waals surface area contributed by atoms with Crippen molar-refractivity contribution in [1.82, 2.24) is 0 Å². The Kier molecular flexibility index (Phi) is 3.23. The summed E-state index contributed by atoms with van der Waals surface area (Å²) in [4.78, 5) is 14.6. The zero-order valence-electron chi connectivity index (χ0n) is 9.66. The third-order valence-corrected chi connectivity index (χ3v) is 3.79. The quantitative estimate of drug-likeness (QED) is 0.646. The van der Waals surface area contributed by atoms with Gasteiger partial charge in [0.25, 0.3) is 0 Å². The molecule has 90 valence electrons. The summed E-state index contributed by atoms with van der Waals surface area (Å²) in [6.45, 7) is 1.88. The average Bonchev–Trinajstić information content (AvgIpc) is 2.73. The fourth-order valence-electron chi connectivity index (χ4n) is 2.58. The Labute approximate surface area is 105 Å². The normalized spacial score (nSPS) is 17.8. The maximum Gasteiger partial charge on any atom is 0.235 e. The zero-order chi connectivity index (χ0) is 12.5. The molecule has 1 aromatic rings. The van der Waals surface area contributed by atoms with E-state index >= 15 is 0 Å². The minimum absolute atomic E-state index is 0.0500. The molecule has 0 spiro atoms. The van der Waals surface area contributed by atoms with Gasteiger partial charge in [0.15, 0.2) is 0 Å². The Balaban J connectivity index is 2.61. The Hall–Kier alpha value is -1.31. The highest BCUT2D eigenvalue weighted by Gasteiger charge is 2.38. The minimum atomic E-state index is -0.581. The molecule has 3 nitrogen and oxygen atoms in total. The van der Waals surface area contributed by atoms with E-state index in [9.17, 15) is 9.90 Å². The number of hydrogen-bond donors (Lipinski definition) is 1. The largest absolute Gasteiger partial charge is 0.506 e. The standard InChI is InChI=1S/C13H14ClNO2/c1-9-6-10(12(14)11(17)7-9)13(15-8-16)4-2-3-5-13/h6-7,17H,2-5H2,1H3. The van der Waals surface area contributed by atoms with Gasteiger partial charge in [0.05, 0.1) is 10.6 Å². The van der Waals surface area contributed by atoms with E-state index in [0.29, 0.717) is 5.02 Å². The number of phenols is 1. The van der Waals surface area contributed by atoms with Crippen molar-refractivity contribution >= 4 is 17.7 Å². The van der Waals surface area contributed by atoms with Crippen LogP contribution in [0.2, 0.25) is 5.02 Å². The van der Waals surface area contributed by atoms with E-state index in [0.717, 1.165) is 36.8 Å². The van der Waals surface area contributed by atoms with Crippen molar-refractivity contribution in [2.45, 2.75) is 38.1 Å². The Morgan fingerprint density at radius 1 is 1.41 bits per heavy atom. The molecule has 1 fully saturated rings. The van der Waals surface area contributed by atoms with Crippen LogP contribution in [-0.2, 0) is 10.3 Å². The smallest absolute Gasteiger partial charge is 0.235 e. The lowest BCUT2D eigenvalue weighted by atomic mass is 9.87. The summed E-state index contributed by atoms with van der Waals surface area (Å²) in [5.74, 6) is 0.0500. The fourth-order valence-corrected chi connectivity index (χ4v) is 2.86. The predicted octanol–water partition coefficient (Wildman–Crippen LogP) is 3.46. The number of isocyanates is 1. The van der Waals surface area contributed by atoms with Crippen LogP contribution in [0.4, 0.5) is 0 Å². The van der Waals surface area contributed by atoms with Gasteiger partial charge in [-0.25, -0.2) is 4.79 Å². The maximum absolute atomic E-state index is 10.6. The second-order valence-electron chi connectivity index (χ2n) is 4.59. The monoisotopic (exact) mass is 251 g/mol. The molecule has 1 aliphatic rings. The Bertz CT molecular complexity index is 486. The fraction of sp³-hybridized carbons (Fsp3) is 0.462. The lowest BCUT2D eigenvalue weighted by molar-refractivity contribution is 0.443. The number of aromatic hydroxyl groups is 1. The molecule has 4 heteroatoms. The number of nitrogens with zero attached hydrogens (tertiary/aromatic N) is 1. The molecular formula is C13H14ClNO2.